The minimum absolute atomic E-state index is 0.128. The zero-order valence-corrected chi connectivity index (χ0v) is 10.0. The van der Waals surface area contributed by atoms with Crippen molar-refractivity contribution in [3.05, 3.63) is 34.9 Å². The quantitative estimate of drug-likeness (QED) is 0.809. The van der Waals surface area contributed by atoms with E-state index in [-0.39, 0.29) is 12.1 Å². The molecule has 0 fully saturated rings. The second kappa shape index (κ2) is 5.50. The molecule has 84 valence electrons. The van der Waals surface area contributed by atoms with E-state index in [1.54, 1.807) is 0 Å². The van der Waals surface area contributed by atoms with E-state index in [0.717, 1.165) is 18.0 Å². The molecule has 1 aromatic rings. The normalized spacial score (nSPS) is 14.9. The van der Waals surface area contributed by atoms with Gasteiger partial charge in [0.2, 0.25) is 0 Å². The van der Waals surface area contributed by atoms with Crippen LogP contribution in [0.2, 0.25) is 5.02 Å². The van der Waals surface area contributed by atoms with Crippen LogP contribution in [0.15, 0.2) is 24.3 Å². The Labute approximate surface area is 96.3 Å². The predicted octanol–water partition coefficient (Wildman–Crippen LogP) is 2.24. The molecular formula is C12H18ClNO. The topological polar surface area (TPSA) is 32.3 Å². The molecule has 1 unspecified atom stereocenters. The fraction of sp³-hybridized carbons (Fsp3) is 0.500. The molecular weight excluding hydrogens is 210 g/mol. The average Bonchev–Trinajstić information content (AvgIpc) is 2.22. The summed E-state index contributed by atoms with van der Waals surface area (Å²) in [5.74, 6) is 0. The van der Waals surface area contributed by atoms with Crippen molar-refractivity contribution in [3.8, 4) is 0 Å². The molecule has 0 aromatic heterocycles. The van der Waals surface area contributed by atoms with Crippen LogP contribution in [0.3, 0.4) is 0 Å². The molecule has 0 saturated carbocycles. The molecule has 0 saturated heterocycles. The Hall–Kier alpha value is -0.570. The Bertz CT molecular complexity index is 299. The predicted molar refractivity (Wildman–Crippen MR) is 64.3 cm³/mol. The van der Waals surface area contributed by atoms with E-state index in [9.17, 15) is 5.11 Å². The van der Waals surface area contributed by atoms with Gasteiger partial charge in [-0.05, 0) is 37.6 Å². The largest absolute Gasteiger partial charge is 0.394 e. The molecule has 0 aliphatic carbocycles. The van der Waals surface area contributed by atoms with Gasteiger partial charge in [-0.15, -0.1) is 0 Å². The molecule has 3 heteroatoms. The van der Waals surface area contributed by atoms with Crippen LogP contribution in [0.5, 0.6) is 0 Å². The van der Waals surface area contributed by atoms with E-state index in [1.807, 2.05) is 38.1 Å². The molecule has 1 atom stereocenters. The second-order valence-electron chi connectivity index (χ2n) is 4.05. The Morgan fingerprint density at radius 3 is 2.40 bits per heavy atom. The zero-order valence-electron chi connectivity index (χ0n) is 9.26. The molecule has 0 aliphatic heterocycles. The van der Waals surface area contributed by atoms with Crippen molar-refractivity contribution in [2.45, 2.75) is 25.8 Å². The lowest BCUT2D eigenvalue weighted by Gasteiger charge is -2.28. The standard InChI is InChI=1S/C12H18ClNO/c1-3-14-12(2,9-15)8-10-4-6-11(13)7-5-10/h4-7,14-15H,3,8-9H2,1-2H3. The van der Waals surface area contributed by atoms with Crippen LogP contribution < -0.4 is 5.32 Å². The Morgan fingerprint density at radius 1 is 1.33 bits per heavy atom. The molecule has 0 aliphatic rings. The first kappa shape index (κ1) is 12.5. The van der Waals surface area contributed by atoms with Gasteiger partial charge in [-0.3, -0.25) is 0 Å². The highest BCUT2D eigenvalue weighted by molar-refractivity contribution is 6.30. The van der Waals surface area contributed by atoms with Crippen molar-refractivity contribution in [2.24, 2.45) is 0 Å². The van der Waals surface area contributed by atoms with E-state index in [2.05, 4.69) is 5.32 Å². The number of aliphatic hydroxyl groups excluding tert-OH is 1. The van der Waals surface area contributed by atoms with Gasteiger partial charge in [-0.25, -0.2) is 0 Å². The number of aliphatic hydroxyl groups is 1. The van der Waals surface area contributed by atoms with Gasteiger partial charge in [0.05, 0.1) is 6.61 Å². The van der Waals surface area contributed by atoms with Gasteiger partial charge < -0.3 is 10.4 Å². The van der Waals surface area contributed by atoms with Crippen LogP contribution in [0.1, 0.15) is 19.4 Å². The van der Waals surface area contributed by atoms with Crippen molar-refractivity contribution >= 4 is 11.6 Å². The van der Waals surface area contributed by atoms with Crippen LogP contribution in [-0.4, -0.2) is 23.8 Å². The van der Waals surface area contributed by atoms with Gasteiger partial charge in [-0.1, -0.05) is 30.7 Å². The van der Waals surface area contributed by atoms with Crippen LogP contribution >= 0.6 is 11.6 Å². The lowest BCUT2D eigenvalue weighted by atomic mass is 9.93. The molecule has 0 heterocycles. The first-order valence-corrected chi connectivity index (χ1v) is 5.58. The molecule has 1 aromatic carbocycles. The summed E-state index contributed by atoms with van der Waals surface area (Å²) in [5, 5.41) is 13.4. The molecule has 15 heavy (non-hydrogen) atoms. The summed E-state index contributed by atoms with van der Waals surface area (Å²) >= 11 is 5.81. The highest BCUT2D eigenvalue weighted by Crippen LogP contribution is 2.15. The summed E-state index contributed by atoms with van der Waals surface area (Å²) in [6.07, 6.45) is 0.800. The summed E-state index contributed by atoms with van der Waals surface area (Å²) in [6.45, 7) is 5.04. The summed E-state index contributed by atoms with van der Waals surface area (Å²) in [7, 11) is 0. The monoisotopic (exact) mass is 227 g/mol. The first-order chi connectivity index (χ1) is 7.09. The van der Waals surface area contributed by atoms with Gasteiger partial charge in [-0.2, -0.15) is 0 Å². The molecule has 0 bridgehead atoms. The third kappa shape index (κ3) is 3.82. The van der Waals surface area contributed by atoms with Gasteiger partial charge in [0, 0.05) is 10.6 Å². The van der Waals surface area contributed by atoms with Crippen molar-refractivity contribution in [3.63, 3.8) is 0 Å². The lowest BCUT2D eigenvalue weighted by molar-refractivity contribution is 0.176. The number of hydrogen-bond acceptors (Lipinski definition) is 2. The Balaban J connectivity index is 2.70. The van der Waals surface area contributed by atoms with Crippen molar-refractivity contribution in [1.29, 1.82) is 0 Å². The van der Waals surface area contributed by atoms with Crippen LogP contribution in [-0.2, 0) is 6.42 Å². The van der Waals surface area contributed by atoms with E-state index >= 15 is 0 Å². The van der Waals surface area contributed by atoms with Crippen LogP contribution in [0, 0.1) is 0 Å². The maximum atomic E-state index is 9.34. The van der Waals surface area contributed by atoms with E-state index < -0.39 is 0 Å². The minimum atomic E-state index is -0.247. The SMILES string of the molecule is CCNC(C)(CO)Cc1ccc(Cl)cc1. The fourth-order valence-electron chi connectivity index (χ4n) is 1.65. The van der Waals surface area contributed by atoms with Gasteiger partial charge in [0.25, 0.3) is 0 Å². The maximum absolute atomic E-state index is 9.34. The van der Waals surface area contributed by atoms with Crippen LogP contribution in [0.4, 0.5) is 0 Å². The van der Waals surface area contributed by atoms with Crippen LogP contribution in [0.25, 0.3) is 0 Å². The smallest absolute Gasteiger partial charge is 0.0613 e. The molecule has 0 radical (unpaired) electrons. The van der Waals surface area contributed by atoms with E-state index in [1.165, 1.54) is 5.56 Å². The minimum Gasteiger partial charge on any atom is -0.394 e. The van der Waals surface area contributed by atoms with Gasteiger partial charge in [0.1, 0.15) is 0 Å². The zero-order chi connectivity index (χ0) is 11.3. The number of halogens is 1. The fourth-order valence-corrected chi connectivity index (χ4v) is 1.78. The second-order valence-corrected chi connectivity index (χ2v) is 4.49. The summed E-state index contributed by atoms with van der Waals surface area (Å²) in [4.78, 5) is 0. The number of benzene rings is 1. The number of nitrogens with one attached hydrogen (secondary N) is 1. The molecule has 0 amide bonds. The van der Waals surface area contributed by atoms with E-state index in [0.29, 0.717) is 0 Å². The van der Waals surface area contributed by atoms with Crippen molar-refractivity contribution in [2.75, 3.05) is 13.2 Å². The Morgan fingerprint density at radius 2 is 1.93 bits per heavy atom. The highest BCUT2D eigenvalue weighted by atomic mass is 35.5. The number of hydrogen-bond donors (Lipinski definition) is 2. The molecule has 1 rings (SSSR count). The summed E-state index contributed by atoms with van der Waals surface area (Å²) in [5.41, 5.74) is 0.930. The highest BCUT2D eigenvalue weighted by Gasteiger charge is 2.21. The van der Waals surface area contributed by atoms with E-state index in [4.69, 9.17) is 11.6 Å². The number of likely N-dealkylation sites (N-methyl/N-ethyl adjacent to an activating group) is 1. The first-order valence-electron chi connectivity index (χ1n) is 5.20. The van der Waals surface area contributed by atoms with Crippen molar-refractivity contribution < 1.29 is 5.11 Å². The number of rotatable bonds is 5. The van der Waals surface area contributed by atoms with Gasteiger partial charge in [0.15, 0.2) is 0 Å². The average molecular weight is 228 g/mol. The molecule has 2 nitrogen and oxygen atoms in total. The van der Waals surface area contributed by atoms with Gasteiger partial charge >= 0.3 is 0 Å². The Kier molecular flexibility index (Phi) is 4.58. The lowest BCUT2D eigenvalue weighted by Crippen LogP contribution is -2.47. The summed E-state index contributed by atoms with van der Waals surface area (Å²) < 4.78 is 0. The third-order valence-corrected chi connectivity index (χ3v) is 2.71. The van der Waals surface area contributed by atoms with Crippen molar-refractivity contribution in [1.82, 2.24) is 5.32 Å². The molecule has 0 spiro atoms. The maximum Gasteiger partial charge on any atom is 0.0613 e. The molecule has 2 N–H and O–H groups in total. The third-order valence-electron chi connectivity index (χ3n) is 2.46. The summed E-state index contributed by atoms with van der Waals surface area (Å²) in [6, 6.07) is 7.74.